The number of amides is 1. The largest absolute Gasteiger partial charge is 0.489 e. The first-order chi connectivity index (χ1) is 12.8. The molecule has 2 saturated heterocycles. The molecule has 0 N–H and O–H groups in total. The number of rotatable bonds is 8. The molecule has 4 nitrogen and oxygen atoms in total. The minimum Gasteiger partial charge on any atom is -0.489 e. The molecular weight excluding hydrogens is 324 g/mol. The lowest BCUT2D eigenvalue weighted by atomic mass is 9.93. The second kappa shape index (κ2) is 9.77. The zero-order valence-corrected chi connectivity index (χ0v) is 15.9. The van der Waals surface area contributed by atoms with Crippen molar-refractivity contribution in [3.05, 3.63) is 42.5 Å². The molecule has 142 valence electrons. The molecule has 1 amide bonds. The van der Waals surface area contributed by atoms with Gasteiger partial charge >= 0.3 is 0 Å². The van der Waals surface area contributed by atoms with Gasteiger partial charge in [-0.1, -0.05) is 30.9 Å². The molecule has 2 aliphatic heterocycles. The topological polar surface area (TPSA) is 32.8 Å². The Morgan fingerprint density at radius 1 is 1.19 bits per heavy atom. The molecule has 26 heavy (non-hydrogen) atoms. The lowest BCUT2D eigenvalue weighted by molar-refractivity contribution is -0.130. The van der Waals surface area contributed by atoms with E-state index in [0.717, 1.165) is 51.3 Å². The summed E-state index contributed by atoms with van der Waals surface area (Å²) in [6, 6.07) is 8.28. The van der Waals surface area contributed by atoms with Gasteiger partial charge in [0.25, 0.3) is 0 Å². The molecule has 2 fully saturated rings. The number of ether oxygens (including phenoxy) is 1. The Morgan fingerprint density at radius 3 is 2.81 bits per heavy atom. The van der Waals surface area contributed by atoms with Crippen LogP contribution < -0.4 is 4.74 Å². The van der Waals surface area contributed by atoms with E-state index in [9.17, 15) is 4.79 Å². The number of likely N-dealkylation sites (tertiary alicyclic amines) is 2. The molecular formula is C22H32N2O2. The van der Waals surface area contributed by atoms with Crippen LogP contribution in [0.2, 0.25) is 0 Å². The Hall–Kier alpha value is -1.81. The molecule has 2 aliphatic rings. The van der Waals surface area contributed by atoms with Crippen molar-refractivity contribution in [3.63, 3.8) is 0 Å². The fraction of sp³-hybridized carbons (Fsp3) is 0.591. The van der Waals surface area contributed by atoms with Gasteiger partial charge in [-0.3, -0.25) is 9.69 Å². The average Bonchev–Trinajstić information content (AvgIpc) is 3.21. The second-order valence-electron chi connectivity index (χ2n) is 7.58. The van der Waals surface area contributed by atoms with E-state index < -0.39 is 0 Å². The minimum absolute atomic E-state index is 0.364. The molecule has 4 heteroatoms. The summed E-state index contributed by atoms with van der Waals surface area (Å²) in [5, 5.41) is 0. The van der Waals surface area contributed by atoms with Crippen LogP contribution in [0, 0.1) is 5.92 Å². The van der Waals surface area contributed by atoms with Crippen LogP contribution in [0.5, 0.6) is 5.75 Å². The van der Waals surface area contributed by atoms with Gasteiger partial charge in [-0.15, -0.1) is 0 Å². The highest BCUT2D eigenvalue weighted by molar-refractivity contribution is 5.76. The SMILES string of the molecule is C=CCOc1ccccc1CN1CCCC(CCC(=O)N2CCCC2)C1. The van der Waals surface area contributed by atoms with Gasteiger partial charge in [0, 0.05) is 38.2 Å². The summed E-state index contributed by atoms with van der Waals surface area (Å²) in [6.07, 6.45) is 8.35. The van der Waals surface area contributed by atoms with Crippen molar-refractivity contribution in [1.29, 1.82) is 0 Å². The molecule has 2 heterocycles. The van der Waals surface area contributed by atoms with E-state index in [1.54, 1.807) is 6.08 Å². The molecule has 0 spiro atoms. The maximum absolute atomic E-state index is 12.3. The van der Waals surface area contributed by atoms with Crippen LogP contribution in [-0.2, 0) is 11.3 Å². The van der Waals surface area contributed by atoms with E-state index in [2.05, 4.69) is 23.6 Å². The maximum atomic E-state index is 12.3. The van der Waals surface area contributed by atoms with Gasteiger partial charge in [0.15, 0.2) is 0 Å². The van der Waals surface area contributed by atoms with Crippen LogP contribution in [0.4, 0.5) is 0 Å². The number of nitrogens with zero attached hydrogens (tertiary/aromatic N) is 2. The Bertz CT molecular complexity index is 596. The van der Waals surface area contributed by atoms with E-state index in [4.69, 9.17) is 4.74 Å². The third kappa shape index (κ3) is 5.34. The minimum atomic E-state index is 0.364. The monoisotopic (exact) mass is 356 g/mol. The van der Waals surface area contributed by atoms with Crippen LogP contribution in [0.3, 0.4) is 0 Å². The quantitative estimate of drug-likeness (QED) is 0.663. The fourth-order valence-corrected chi connectivity index (χ4v) is 4.15. The lowest BCUT2D eigenvalue weighted by Crippen LogP contribution is -2.36. The van der Waals surface area contributed by atoms with Crippen molar-refractivity contribution in [2.24, 2.45) is 5.92 Å². The molecule has 1 aromatic carbocycles. The standard InChI is InChI=1S/C22H32N2O2/c1-2-16-26-21-10-4-3-9-20(21)18-23-13-7-8-19(17-23)11-12-22(25)24-14-5-6-15-24/h2-4,9-10,19H,1,5-8,11-18H2. The van der Waals surface area contributed by atoms with Gasteiger partial charge in [-0.05, 0) is 50.6 Å². The summed E-state index contributed by atoms with van der Waals surface area (Å²) < 4.78 is 5.80. The maximum Gasteiger partial charge on any atom is 0.222 e. The first-order valence-corrected chi connectivity index (χ1v) is 10.1. The van der Waals surface area contributed by atoms with Crippen LogP contribution in [0.15, 0.2) is 36.9 Å². The third-order valence-corrected chi connectivity index (χ3v) is 5.55. The number of hydrogen-bond acceptors (Lipinski definition) is 3. The van der Waals surface area contributed by atoms with Crippen molar-refractivity contribution >= 4 is 5.91 Å². The Labute approximate surface area is 157 Å². The highest BCUT2D eigenvalue weighted by atomic mass is 16.5. The average molecular weight is 357 g/mol. The van der Waals surface area contributed by atoms with Gasteiger partial charge in [-0.2, -0.15) is 0 Å². The summed E-state index contributed by atoms with van der Waals surface area (Å²) in [4.78, 5) is 16.9. The summed E-state index contributed by atoms with van der Waals surface area (Å²) in [6.45, 7) is 9.34. The third-order valence-electron chi connectivity index (χ3n) is 5.55. The summed E-state index contributed by atoms with van der Waals surface area (Å²) in [5.74, 6) is 1.96. The van der Waals surface area contributed by atoms with Crippen molar-refractivity contribution < 1.29 is 9.53 Å². The molecule has 0 radical (unpaired) electrons. The van der Waals surface area contributed by atoms with E-state index in [1.807, 2.05) is 17.0 Å². The number of piperidine rings is 1. The molecule has 0 bridgehead atoms. The molecule has 0 saturated carbocycles. The molecule has 0 aliphatic carbocycles. The van der Waals surface area contributed by atoms with Crippen molar-refractivity contribution in [2.75, 3.05) is 32.8 Å². The smallest absolute Gasteiger partial charge is 0.222 e. The van der Waals surface area contributed by atoms with Gasteiger partial charge in [0.05, 0.1) is 0 Å². The van der Waals surface area contributed by atoms with Gasteiger partial charge < -0.3 is 9.64 Å². The lowest BCUT2D eigenvalue weighted by Gasteiger charge is -2.33. The van der Waals surface area contributed by atoms with Crippen LogP contribution in [0.1, 0.15) is 44.1 Å². The normalized spacial score (nSPS) is 20.9. The molecule has 1 unspecified atom stereocenters. The number of benzene rings is 1. The predicted molar refractivity (Wildman–Crippen MR) is 105 cm³/mol. The summed E-state index contributed by atoms with van der Waals surface area (Å²) in [5.41, 5.74) is 1.24. The van der Waals surface area contributed by atoms with Gasteiger partial charge in [-0.25, -0.2) is 0 Å². The van der Waals surface area contributed by atoms with E-state index in [0.29, 0.717) is 18.4 Å². The zero-order chi connectivity index (χ0) is 18.2. The van der Waals surface area contributed by atoms with Gasteiger partial charge in [0.2, 0.25) is 5.91 Å². The summed E-state index contributed by atoms with van der Waals surface area (Å²) >= 11 is 0. The molecule has 1 aromatic rings. The van der Waals surface area contributed by atoms with Crippen LogP contribution >= 0.6 is 0 Å². The van der Waals surface area contributed by atoms with Gasteiger partial charge in [0.1, 0.15) is 12.4 Å². The molecule has 0 aromatic heterocycles. The number of hydrogen-bond donors (Lipinski definition) is 0. The first kappa shape index (κ1) is 19.0. The Kier molecular flexibility index (Phi) is 7.13. The number of para-hydroxylation sites is 1. The van der Waals surface area contributed by atoms with E-state index in [-0.39, 0.29) is 0 Å². The molecule has 3 rings (SSSR count). The zero-order valence-electron chi connectivity index (χ0n) is 15.9. The van der Waals surface area contributed by atoms with Crippen molar-refractivity contribution in [3.8, 4) is 5.75 Å². The summed E-state index contributed by atoms with van der Waals surface area (Å²) in [7, 11) is 0. The van der Waals surface area contributed by atoms with Crippen LogP contribution in [0.25, 0.3) is 0 Å². The van der Waals surface area contributed by atoms with E-state index >= 15 is 0 Å². The predicted octanol–water partition coefficient (Wildman–Crippen LogP) is 3.87. The van der Waals surface area contributed by atoms with Crippen molar-refractivity contribution in [2.45, 2.75) is 45.1 Å². The Balaban J connectivity index is 1.49. The van der Waals surface area contributed by atoms with Crippen molar-refractivity contribution in [1.82, 2.24) is 9.80 Å². The fourth-order valence-electron chi connectivity index (χ4n) is 4.15. The highest BCUT2D eigenvalue weighted by Crippen LogP contribution is 2.26. The van der Waals surface area contributed by atoms with Crippen LogP contribution in [-0.4, -0.2) is 48.5 Å². The van der Waals surface area contributed by atoms with E-state index in [1.165, 1.54) is 31.2 Å². The molecule has 1 atom stereocenters. The first-order valence-electron chi connectivity index (χ1n) is 10.1. The number of carbonyl (C=O) groups excluding carboxylic acids is 1. The highest BCUT2D eigenvalue weighted by Gasteiger charge is 2.23. The number of carbonyl (C=O) groups is 1. The second-order valence-corrected chi connectivity index (χ2v) is 7.58. The Morgan fingerprint density at radius 2 is 2.00 bits per heavy atom.